The molecule has 0 fully saturated rings. The quantitative estimate of drug-likeness (QED) is 0.415. The monoisotopic (exact) mass is 198 g/mol. The predicted molar refractivity (Wildman–Crippen MR) is 63.0 cm³/mol. The molecule has 0 amide bonds. The highest BCUT2D eigenvalue weighted by molar-refractivity contribution is 4.79. The lowest BCUT2D eigenvalue weighted by Crippen LogP contribution is -2.48. The first kappa shape index (κ1) is 15.3. The van der Waals surface area contributed by atoms with E-state index >= 15 is 0 Å². The topological polar surface area (TPSA) is 0 Å². The summed E-state index contributed by atoms with van der Waals surface area (Å²) in [5.41, 5.74) is 0. The van der Waals surface area contributed by atoms with Gasteiger partial charge in [0.05, 0.1) is 26.2 Å². The average molecular weight is 198 g/mol. The van der Waals surface area contributed by atoms with Gasteiger partial charge in [-0.3, -0.25) is 4.70 Å². The lowest BCUT2D eigenvalue weighted by atomic mass is 10.3. The Morgan fingerprint density at radius 3 is 1.00 bits per heavy atom. The van der Waals surface area contributed by atoms with Crippen LogP contribution in [0.5, 0.6) is 0 Å². The fourth-order valence-corrected chi connectivity index (χ4v) is 1.54. The molecular weight excluding hydrogens is 177 g/mol. The van der Waals surface area contributed by atoms with Crippen molar-refractivity contribution >= 4 is 0 Å². The highest BCUT2D eigenvalue weighted by Gasteiger charge is 2.20. The van der Waals surface area contributed by atoms with Gasteiger partial charge in [-0.15, -0.1) is 0 Å². The first-order valence-electron chi connectivity index (χ1n) is 4.53. The van der Waals surface area contributed by atoms with E-state index < -0.39 is 0 Å². The Balaban J connectivity index is 0. The molecule has 0 aliphatic heterocycles. The van der Waals surface area contributed by atoms with Gasteiger partial charge in [-0.1, -0.05) is 26.3 Å². The molecule has 0 saturated carbocycles. The first-order chi connectivity index (χ1) is 6.24. The molecule has 0 atom stereocenters. The second-order valence-electron chi connectivity index (χ2n) is 3.23. The van der Waals surface area contributed by atoms with E-state index in [1.54, 1.807) is 0 Å². The summed E-state index contributed by atoms with van der Waals surface area (Å²) < 4.78 is 0.903. The molecule has 0 aromatic carbocycles. The Morgan fingerprint density at radius 1 is 0.643 bits per heavy atom. The summed E-state index contributed by atoms with van der Waals surface area (Å²) in [5.74, 6) is 0. The second-order valence-corrected chi connectivity index (χ2v) is 3.23. The van der Waals surface area contributed by atoms with Gasteiger partial charge < -0.3 is 4.48 Å². The van der Waals surface area contributed by atoms with Gasteiger partial charge in [0.15, 0.2) is 0 Å². The molecule has 14 heavy (non-hydrogen) atoms. The van der Waals surface area contributed by atoms with Crippen molar-refractivity contribution in [2.45, 2.75) is 0 Å². The van der Waals surface area contributed by atoms with E-state index in [-0.39, 0.29) is 4.70 Å². The fraction of sp³-hybridized carbons (Fsp3) is 0.333. The van der Waals surface area contributed by atoms with Gasteiger partial charge in [0.25, 0.3) is 0 Å². The van der Waals surface area contributed by atoms with Gasteiger partial charge >= 0.3 is 0 Å². The summed E-state index contributed by atoms with van der Waals surface area (Å²) in [6, 6.07) is 0. The molecule has 2 heteroatoms. The van der Waals surface area contributed by atoms with Gasteiger partial charge in [-0.2, -0.15) is 0 Å². The summed E-state index contributed by atoms with van der Waals surface area (Å²) in [6.07, 6.45) is 7.76. The van der Waals surface area contributed by atoms with Gasteiger partial charge in [0, 0.05) is 0 Å². The van der Waals surface area contributed by atoms with Crippen LogP contribution in [0.25, 0.3) is 0 Å². The van der Waals surface area contributed by atoms with Crippen LogP contribution in [0, 0.1) is 0 Å². The van der Waals surface area contributed by atoms with Crippen molar-refractivity contribution in [3.63, 3.8) is 0 Å². The SMILES string of the molecule is C=CC[N+](CC=C)(CC=C)CC=C.F. The molecule has 0 radical (unpaired) electrons. The number of rotatable bonds is 8. The molecule has 0 heterocycles. The number of hydrogen-bond donors (Lipinski definition) is 0. The maximum absolute atomic E-state index is 3.77. The van der Waals surface area contributed by atoms with Crippen LogP contribution in [0.1, 0.15) is 0 Å². The minimum Gasteiger partial charge on any atom is -0.311 e. The maximum Gasteiger partial charge on any atom is 0.0978 e. The third-order valence-corrected chi connectivity index (χ3v) is 2.07. The fourth-order valence-electron chi connectivity index (χ4n) is 1.54. The number of nitrogens with zero attached hydrogens (tertiary/aromatic N) is 1. The molecule has 0 saturated heterocycles. The molecule has 0 aromatic rings. The Kier molecular flexibility index (Phi) is 9.25. The van der Waals surface area contributed by atoms with Crippen molar-refractivity contribution in [2.24, 2.45) is 0 Å². The lowest BCUT2D eigenvalue weighted by molar-refractivity contribution is -0.906. The predicted octanol–water partition coefficient (Wildman–Crippen LogP) is 2.70. The van der Waals surface area contributed by atoms with Crippen molar-refractivity contribution in [1.29, 1.82) is 0 Å². The Bertz CT molecular complexity index is 151. The van der Waals surface area contributed by atoms with Gasteiger partial charge in [0.1, 0.15) is 0 Å². The number of hydrogen-bond acceptors (Lipinski definition) is 0. The van der Waals surface area contributed by atoms with Crippen molar-refractivity contribution in [2.75, 3.05) is 26.2 Å². The Labute approximate surface area is 86.7 Å². The first-order valence-corrected chi connectivity index (χ1v) is 4.53. The van der Waals surface area contributed by atoms with Gasteiger partial charge in [-0.25, -0.2) is 0 Å². The smallest absolute Gasteiger partial charge is 0.0978 e. The second kappa shape index (κ2) is 8.45. The normalized spacial score (nSPS) is 9.71. The van der Waals surface area contributed by atoms with Crippen LogP contribution in [-0.2, 0) is 0 Å². The number of quaternary nitrogens is 1. The Morgan fingerprint density at radius 2 is 0.857 bits per heavy atom. The molecule has 0 bridgehead atoms. The zero-order chi connectivity index (χ0) is 10.2. The van der Waals surface area contributed by atoms with Crippen molar-refractivity contribution in [1.82, 2.24) is 0 Å². The van der Waals surface area contributed by atoms with E-state index in [0.717, 1.165) is 30.7 Å². The molecule has 0 N–H and O–H groups in total. The third-order valence-electron chi connectivity index (χ3n) is 2.07. The van der Waals surface area contributed by atoms with Crippen molar-refractivity contribution < 1.29 is 9.19 Å². The standard InChI is InChI=1S/C12H20N.FH/c1-5-9-13(10-6-2,11-7-3)12-8-4;/h5-8H,1-4,9-12H2;1H/q+1;. The van der Waals surface area contributed by atoms with Crippen LogP contribution in [0.3, 0.4) is 0 Å². The van der Waals surface area contributed by atoms with E-state index in [1.807, 2.05) is 24.3 Å². The minimum atomic E-state index is 0. The third kappa shape index (κ3) is 4.77. The molecule has 0 spiro atoms. The Hall–Kier alpha value is -1.15. The van der Waals surface area contributed by atoms with E-state index in [4.69, 9.17) is 0 Å². The van der Waals surface area contributed by atoms with E-state index in [1.165, 1.54) is 0 Å². The molecule has 0 rings (SSSR count). The van der Waals surface area contributed by atoms with Crippen LogP contribution in [0.4, 0.5) is 4.70 Å². The summed E-state index contributed by atoms with van der Waals surface area (Å²) in [6.45, 7) is 18.8. The molecular formula is C12H21FN+. The molecule has 0 aliphatic rings. The van der Waals surface area contributed by atoms with E-state index in [9.17, 15) is 0 Å². The molecule has 0 unspecified atom stereocenters. The molecule has 80 valence electrons. The average Bonchev–Trinajstić information content (AvgIpc) is 2.06. The molecule has 0 aromatic heterocycles. The van der Waals surface area contributed by atoms with Crippen LogP contribution in [0.15, 0.2) is 50.6 Å². The van der Waals surface area contributed by atoms with Crippen LogP contribution >= 0.6 is 0 Å². The largest absolute Gasteiger partial charge is 0.311 e. The minimum absolute atomic E-state index is 0. The van der Waals surface area contributed by atoms with Crippen LogP contribution in [0.2, 0.25) is 0 Å². The summed E-state index contributed by atoms with van der Waals surface area (Å²) in [7, 11) is 0. The van der Waals surface area contributed by atoms with Gasteiger partial charge in [-0.05, 0) is 24.3 Å². The van der Waals surface area contributed by atoms with Gasteiger partial charge in [0.2, 0.25) is 0 Å². The molecule has 1 nitrogen and oxygen atoms in total. The lowest BCUT2D eigenvalue weighted by Gasteiger charge is -2.35. The molecule has 0 aliphatic carbocycles. The summed E-state index contributed by atoms with van der Waals surface area (Å²) in [5, 5.41) is 0. The maximum atomic E-state index is 3.77. The zero-order valence-corrected chi connectivity index (χ0v) is 8.82. The van der Waals surface area contributed by atoms with E-state index in [0.29, 0.717) is 0 Å². The summed E-state index contributed by atoms with van der Waals surface area (Å²) in [4.78, 5) is 0. The van der Waals surface area contributed by atoms with Crippen molar-refractivity contribution in [3.05, 3.63) is 50.6 Å². The van der Waals surface area contributed by atoms with E-state index in [2.05, 4.69) is 26.3 Å². The van der Waals surface area contributed by atoms with Crippen LogP contribution < -0.4 is 0 Å². The van der Waals surface area contributed by atoms with Crippen molar-refractivity contribution in [3.8, 4) is 0 Å². The zero-order valence-electron chi connectivity index (χ0n) is 8.82. The highest BCUT2D eigenvalue weighted by atomic mass is 19.0. The number of halogens is 1. The highest BCUT2D eigenvalue weighted by Crippen LogP contribution is 2.07. The summed E-state index contributed by atoms with van der Waals surface area (Å²) >= 11 is 0. The van der Waals surface area contributed by atoms with Crippen LogP contribution in [-0.4, -0.2) is 30.7 Å².